The molecule has 0 amide bonds. The van der Waals surface area contributed by atoms with E-state index in [4.69, 9.17) is 4.74 Å². The van der Waals surface area contributed by atoms with Gasteiger partial charge in [0.05, 0.1) is 12.1 Å². The molecule has 0 aromatic carbocycles. The van der Waals surface area contributed by atoms with Crippen LogP contribution in [0, 0.1) is 0 Å². The molecule has 4 heteroatoms. The van der Waals surface area contributed by atoms with Crippen molar-refractivity contribution in [3.63, 3.8) is 0 Å². The lowest BCUT2D eigenvalue weighted by molar-refractivity contribution is -0.154. The summed E-state index contributed by atoms with van der Waals surface area (Å²) in [7, 11) is 0. The van der Waals surface area contributed by atoms with Crippen LogP contribution in [0.15, 0.2) is 0 Å². The molecular formula is C14H25NO3. The average molecular weight is 255 g/mol. The van der Waals surface area contributed by atoms with Gasteiger partial charge in [-0.2, -0.15) is 0 Å². The maximum atomic E-state index is 12.0. The summed E-state index contributed by atoms with van der Waals surface area (Å²) in [5.74, 6) is -0.0223. The van der Waals surface area contributed by atoms with Gasteiger partial charge in [-0.05, 0) is 46.6 Å². The minimum Gasteiger partial charge on any atom is -0.462 e. The standard InChI is InChI=1S/C14H25NO3/c1-5-7-12(11(4)16)15-9-6-8-13(15)14(17)18-10(2)3/h10,12-13H,5-9H2,1-4H3. The number of hydrogen-bond acceptors (Lipinski definition) is 4. The summed E-state index contributed by atoms with van der Waals surface area (Å²) < 4.78 is 5.28. The molecule has 0 spiro atoms. The van der Waals surface area contributed by atoms with Crippen molar-refractivity contribution in [2.45, 2.75) is 71.6 Å². The third kappa shape index (κ3) is 3.80. The van der Waals surface area contributed by atoms with Crippen molar-refractivity contribution in [2.75, 3.05) is 6.54 Å². The Hall–Kier alpha value is -0.900. The Balaban J connectivity index is 2.73. The van der Waals surface area contributed by atoms with Crippen LogP contribution < -0.4 is 0 Å². The quantitative estimate of drug-likeness (QED) is 0.682. The molecule has 0 aromatic heterocycles. The molecule has 1 saturated heterocycles. The van der Waals surface area contributed by atoms with Gasteiger partial charge in [-0.3, -0.25) is 14.5 Å². The summed E-state index contributed by atoms with van der Waals surface area (Å²) in [6.07, 6.45) is 3.44. The summed E-state index contributed by atoms with van der Waals surface area (Å²) in [5.41, 5.74) is 0. The summed E-state index contributed by atoms with van der Waals surface area (Å²) in [6.45, 7) is 8.20. The predicted octanol–water partition coefficient (Wildman–Crippen LogP) is 2.16. The Kier molecular flexibility index (Phi) is 5.79. The second kappa shape index (κ2) is 6.88. The number of carbonyl (C=O) groups excluding carboxylic acids is 2. The monoisotopic (exact) mass is 255 g/mol. The average Bonchev–Trinajstić information content (AvgIpc) is 2.72. The van der Waals surface area contributed by atoms with E-state index in [1.165, 1.54) is 0 Å². The van der Waals surface area contributed by atoms with Crippen LogP contribution in [0.1, 0.15) is 53.4 Å². The van der Waals surface area contributed by atoms with E-state index in [1.54, 1.807) is 6.92 Å². The number of ether oxygens (including phenoxy) is 1. The van der Waals surface area contributed by atoms with Crippen LogP contribution in [-0.2, 0) is 14.3 Å². The molecule has 2 atom stereocenters. The van der Waals surface area contributed by atoms with Crippen molar-refractivity contribution in [1.82, 2.24) is 4.90 Å². The number of hydrogen-bond donors (Lipinski definition) is 0. The molecule has 0 radical (unpaired) electrons. The minimum atomic E-state index is -0.229. The number of ketones is 1. The number of Topliss-reactive ketones (excluding diaryl/α,β-unsaturated/α-hetero) is 1. The van der Waals surface area contributed by atoms with Gasteiger partial charge in [-0.15, -0.1) is 0 Å². The van der Waals surface area contributed by atoms with Crippen LogP contribution in [0.3, 0.4) is 0 Å². The van der Waals surface area contributed by atoms with Gasteiger partial charge in [0.2, 0.25) is 0 Å². The Morgan fingerprint density at radius 1 is 1.39 bits per heavy atom. The third-order valence-electron chi connectivity index (χ3n) is 3.35. The molecule has 0 aliphatic carbocycles. The molecule has 1 heterocycles. The first kappa shape index (κ1) is 15.2. The molecule has 1 aliphatic heterocycles. The van der Waals surface area contributed by atoms with Gasteiger partial charge in [0.1, 0.15) is 11.8 Å². The second-order valence-corrected chi connectivity index (χ2v) is 5.30. The molecule has 2 unspecified atom stereocenters. The highest BCUT2D eigenvalue weighted by Crippen LogP contribution is 2.24. The Morgan fingerprint density at radius 2 is 2.06 bits per heavy atom. The second-order valence-electron chi connectivity index (χ2n) is 5.30. The van der Waals surface area contributed by atoms with Gasteiger partial charge >= 0.3 is 5.97 Å². The van der Waals surface area contributed by atoms with E-state index in [0.29, 0.717) is 0 Å². The highest BCUT2D eigenvalue weighted by atomic mass is 16.5. The zero-order valence-electron chi connectivity index (χ0n) is 11.9. The van der Waals surface area contributed by atoms with Gasteiger partial charge in [-0.1, -0.05) is 13.3 Å². The van der Waals surface area contributed by atoms with E-state index in [2.05, 4.69) is 6.92 Å². The largest absolute Gasteiger partial charge is 0.462 e. The molecule has 1 fully saturated rings. The number of rotatable bonds is 6. The fourth-order valence-corrected chi connectivity index (χ4v) is 2.60. The fourth-order valence-electron chi connectivity index (χ4n) is 2.60. The van der Waals surface area contributed by atoms with Crippen LogP contribution in [-0.4, -0.2) is 41.4 Å². The highest BCUT2D eigenvalue weighted by molar-refractivity contribution is 5.83. The van der Waals surface area contributed by atoms with Crippen molar-refractivity contribution in [1.29, 1.82) is 0 Å². The molecule has 104 valence electrons. The molecule has 4 nitrogen and oxygen atoms in total. The van der Waals surface area contributed by atoms with Crippen LogP contribution in [0.2, 0.25) is 0 Å². The fraction of sp³-hybridized carbons (Fsp3) is 0.857. The number of likely N-dealkylation sites (tertiary alicyclic amines) is 1. The molecule has 18 heavy (non-hydrogen) atoms. The lowest BCUT2D eigenvalue weighted by Gasteiger charge is -2.30. The smallest absolute Gasteiger partial charge is 0.323 e. The van der Waals surface area contributed by atoms with Gasteiger partial charge in [0.25, 0.3) is 0 Å². The van der Waals surface area contributed by atoms with Crippen LogP contribution in [0.25, 0.3) is 0 Å². The molecular weight excluding hydrogens is 230 g/mol. The molecule has 0 saturated carbocycles. The Labute approximate surface area is 110 Å². The molecule has 1 rings (SSSR count). The zero-order chi connectivity index (χ0) is 13.7. The molecule has 0 N–H and O–H groups in total. The molecule has 0 aromatic rings. The van der Waals surface area contributed by atoms with Gasteiger partial charge in [0, 0.05) is 0 Å². The van der Waals surface area contributed by atoms with E-state index in [9.17, 15) is 9.59 Å². The van der Waals surface area contributed by atoms with E-state index >= 15 is 0 Å². The van der Waals surface area contributed by atoms with Gasteiger partial charge < -0.3 is 4.74 Å². The third-order valence-corrected chi connectivity index (χ3v) is 3.35. The van der Waals surface area contributed by atoms with Crippen LogP contribution in [0.5, 0.6) is 0 Å². The van der Waals surface area contributed by atoms with Crippen molar-refractivity contribution in [2.24, 2.45) is 0 Å². The zero-order valence-corrected chi connectivity index (χ0v) is 11.9. The normalized spacial score (nSPS) is 22.2. The van der Waals surface area contributed by atoms with Crippen molar-refractivity contribution in [3.8, 4) is 0 Å². The summed E-state index contributed by atoms with van der Waals surface area (Å²) in [4.78, 5) is 25.8. The van der Waals surface area contributed by atoms with Crippen molar-refractivity contribution in [3.05, 3.63) is 0 Å². The van der Waals surface area contributed by atoms with E-state index in [1.807, 2.05) is 18.7 Å². The predicted molar refractivity (Wildman–Crippen MR) is 70.3 cm³/mol. The first-order valence-corrected chi connectivity index (χ1v) is 6.94. The Bertz CT molecular complexity index is 301. The first-order chi connectivity index (χ1) is 8.47. The number of carbonyl (C=O) groups is 2. The number of nitrogens with zero attached hydrogens (tertiary/aromatic N) is 1. The van der Waals surface area contributed by atoms with Crippen LogP contribution >= 0.6 is 0 Å². The molecule has 0 bridgehead atoms. The minimum absolute atomic E-state index is 0.0955. The number of esters is 1. The maximum absolute atomic E-state index is 12.0. The lowest BCUT2D eigenvalue weighted by Crippen LogP contribution is -2.47. The van der Waals surface area contributed by atoms with E-state index < -0.39 is 0 Å². The summed E-state index contributed by atoms with van der Waals surface area (Å²) in [5, 5.41) is 0. The van der Waals surface area contributed by atoms with Gasteiger partial charge in [0.15, 0.2) is 0 Å². The Morgan fingerprint density at radius 3 is 2.56 bits per heavy atom. The van der Waals surface area contributed by atoms with Crippen molar-refractivity contribution >= 4 is 11.8 Å². The first-order valence-electron chi connectivity index (χ1n) is 6.94. The maximum Gasteiger partial charge on any atom is 0.323 e. The summed E-state index contributed by atoms with van der Waals surface area (Å²) >= 11 is 0. The lowest BCUT2D eigenvalue weighted by atomic mass is 10.1. The van der Waals surface area contributed by atoms with Crippen molar-refractivity contribution < 1.29 is 14.3 Å². The van der Waals surface area contributed by atoms with E-state index in [0.717, 1.165) is 32.2 Å². The topological polar surface area (TPSA) is 46.6 Å². The van der Waals surface area contributed by atoms with E-state index in [-0.39, 0.29) is 29.9 Å². The SMILES string of the molecule is CCCC(C(C)=O)N1CCCC1C(=O)OC(C)C. The van der Waals surface area contributed by atoms with Gasteiger partial charge in [-0.25, -0.2) is 0 Å². The summed E-state index contributed by atoms with van der Waals surface area (Å²) in [6, 6.07) is -0.352. The molecule has 1 aliphatic rings. The highest BCUT2D eigenvalue weighted by Gasteiger charge is 2.37. The van der Waals surface area contributed by atoms with Crippen LogP contribution in [0.4, 0.5) is 0 Å².